The van der Waals surface area contributed by atoms with Gasteiger partial charge in [-0.05, 0) is 49.2 Å². The average molecular weight is 393 g/mol. The van der Waals surface area contributed by atoms with Crippen LogP contribution in [0.5, 0.6) is 0 Å². The highest BCUT2D eigenvalue weighted by Gasteiger charge is 2.39. The van der Waals surface area contributed by atoms with Gasteiger partial charge < -0.3 is 11.5 Å². The van der Waals surface area contributed by atoms with E-state index >= 15 is 0 Å². The molecule has 0 spiro atoms. The third kappa shape index (κ3) is 3.66. The molecule has 28 heavy (non-hydrogen) atoms. The first-order valence-electron chi connectivity index (χ1n) is 9.45. The molecule has 0 aliphatic carbocycles. The molecule has 1 fully saturated rings. The van der Waals surface area contributed by atoms with Crippen LogP contribution in [0.3, 0.4) is 0 Å². The molecule has 1 aliphatic rings. The molecule has 0 saturated carbocycles. The van der Waals surface area contributed by atoms with Crippen LogP contribution in [0.15, 0.2) is 60.0 Å². The molecule has 0 bridgehead atoms. The maximum Gasteiger partial charge on any atom is 0.248 e. The van der Waals surface area contributed by atoms with Crippen LogP contribution in [0.2, 0.25) is 0 Å². The Balaban J connectivity index is 1.52. The van der Waals surface area contributed by atoms with Gasteiger partial charge in [0.1, 0.15) is 0 Å². The van der Waals surface area contributed by atoms with Crippen molar-refractivity contribution in [2.45, 2.75) is 24.8 Å². The lowest BCUT2D eigenvalue weighted by molar-refractivity contribution is 0.1000. The molecule has 0 unspecified atom stereocenters. The summed E-state index contributed by atoms with van der Waals surface area (Å²) in [5.41, 5.74) is 15.3. The van der Waals surface area contributed by atoms with E-state index in [1.54, 1.807) is 12.1 Å². The van der Waals surface area contributed by atoms with Crippen molar-refractivity contribution in [2.75, 3.05) is 18.8 Å². The van der Waals surface area contributed by atoms with E-state index in [-0.39, 0.29) is 11.3 Å². The molecule has 144 valence electrons. The normalized spacial score (nSPS) is 16.7. The number of primary amides is 1. The van der Waals surface area contributed by atoms with Crippen LogP contribution in [-0.2, 0) is 12.0 Å². The van der Waals surface area contributed by atoms with Crippen molar-refractivity contribution < 1.29 is 4.79 Å². The third-order valence-electron chi connectivity index (χ3n) is 5.69. The van der Waals surface area contributed by atoms with Crippen molar-refractivity contribution in [1.29, 1.82) is 0 Å². The smallest absolute Gasteiger partial charge is 0.248 e. The first kappa shape index (κ1) is 18.7. The van der Waals surface area contributed by atoms with Gasteiger partial charge >= 0.3 is 0 Å². The Morgan fingerprint density at radius 2 is 1.75 bits per heavy atom. The lowest BCUT2D eigenvalue weighted by Gasteiger charge is -2.41. The fraction of sp³-hybridized carbons (Fsp3) is 0.273. The Morgan fingerprint density at radius 1 is 1.07 bits per heavy atom. The minimum absolute atomic E-state index is 0.0816. The molecule has 1 amide bonds. The number of carbonyl (C=O) groups excluding carboxylic acids is 1. The Bertz CT molecular complexity index is 944. The van der Waals surface area contributed by atoms with Crippen molar-refractivity contribution >= 4 is 22.4 Å². The number of thiazole rings is 1. The molecule has 1 aromatic heterocycles. The standard InChI is InChI=1S/C22H24N4OS/c23-20(27)17-8-6-16(7-9-17)14-26-12-10-22(11-13-26,18-4-2-1-3-5-18)19-15-28-21(24)25-19/h1-9,15H,10-14H2,(H2,23,27)(H2,24,25). The predicted molar refractivity (Wildman–Crippen MR) is 113 cm³/mol. The molecular formula is C22H24N4OS. The predicted octanol–water partition coefficient (Wildman–Crippen LogP) is 3.41. The van der Waals surface area contributed by atoms with Crippen LogP contribution in [-0.4, -0.2) is 28.9 Å². The number of rotatable bonds is 5. The van der Waals surface area contributed by atoms with Gasteiger partial charge in [0, 0.05) is 22.9 Å². The van der Waals surface area contributed by atoms with E-state index in [0.717, 1.165) is 38.2 Å². The highest BCUT2D eigenvalue weighted by Crippen LogP contribution is 2.42. The molecule has 0 radical (unpaired) electrons. The van der Waals surface area contributed by atoms with Gasteiger partial charge in [-0.25, -0.2) is 4.98 Å². The summed E-state index contributed by atoms with van der Waals surface area (Å²) in [5.74, 6) is -0.389. The summed E-state index contributed by atoms with van der Waals surface area (Å²) in [4.78, 5) is 18.3. The van der Waals surface area contributed by atoms with Crippen LogP contribution >= 0.6 is 11.3 Å². The van der Waals surface area contributed by atoms with Gasteiger partial charge in [-0.3, -0.25) is 9.69 Å². The van der Waals surface area contributed by atoms with E-state index in [1.807, 2.05) is 12.1 Å². The fourth-order valence-electron chi connectivity index (χ4n) is 4.08. The van der Waals surface area contributed by atoms with Crippen LogP contribution in [0.4, 0.5) is 5.13 Å². The summed E-state index contributed by atoms with van der Waals surface area (Å²) >= 11 is 1.51. The van der Waals surface area contributed by atoms with Crippen LogP contribution in [0.25, 0.3) is 0 Å². The topological polar surface area (TPSA) is 85.2 Å². The molecule has 3 aromatic rings. The lowest BCUT2D eigenvalue weighted by Crippen LogP contribution is -2.43. The van der Waals surface area contributed by atoms with Crippen molar-refractivity contribution in [3.8, 4) is 0 Å². The summed E-state index contributed by atoms with van der Waals surface area (Å²) < 4.78 is 0. The van der Waals surface area contributed by atoms with Crippen molar-refractivity contribution in [3.63, 3.8) is 0 Å². The largest absolute Gasteiger partial charge is 0.375 e. The van der Waals surface area contributed by atoms with Gasteiger partial charge in [-0.1, -0.05) is 42.5 Å². The molecule has 4 rings (SSSR count). The zero-order valence-corrected chi connectivity index (χ0v) is 16.5. The number of piperidine rings is 1. The minimum atomic E-state index is -0.389. The number of hydrogen-bond acceptors (Lipinski definition) is 5. The third-order valence-corrected chi connectivity index (χ3v) is 6.37. The summed E-state index contributed by atoms with van der Waals surface area (Å²) in [6.45, 7) is 2.82. The first-order chi connectivity index (χ1) is 13.6. The van der Waals surface area contributed by atoms with E-state index in [2.05, 4.69) is 45.6 Å². The zero-order valence-electron chi connectivity index (χ0n) is 15.7. The van der Waals surface area contributed by atoms with Crippen LogP contribution in [0.1, 0.15) is 40.0 Å². The Labute approximate surface area is 169 Å². The summed E-state index contributed by atoms with van der Waals surface area (Å²) in [6.07, 6.45) is 2.00. The maximum atomic E-state index is 11.2. The number of likely N-dealkylation sites (tertiary alicyclic amines) is 1. The number of hydrogen-bond donors (Lipinski definition) is 2. The van der Waals surface area contributed by atoms with Crippen molar-refractivity contribution in [3.05, 3.63) is 82.4 Å². The highest BCUT2D eigenvalue weighted by atomic mass is 32.1. The van der Waals surface area contributed by atoms with Crippen molar-refractivity contribution in [1.82, 2.24) is 9.88 Å². The number of aromatic nitrogens is 1. The summed E-state index contributed by atoms with van der Waals surface area (Å²) in [6, 6.07) is 18.2. The average Bonchev–Trinajstić information content (AvgIpc) is 3.17. The molecule has 0 atom stereocenters. The fourth-order valence-corrected chi connectivity index (χ4v) is 4.74. The number of nitrogens with zero attached hydrogens (tertiary/aromatic N) is 2. The Hall–Kier alpha value is -2.70. The second-order valence-electron chi connectivity index (χ2n) is 7.36. The van der Waals surface area contributed by atoms with Gasteiger partial charge in [0.15, 0.2) is 5.13 Å². The van der Waals surface area contributed by atoms with Crippen LogP contribution in [0, 0.1) is 0 Å². The SMILES string of the molecule is NC(=O)c1ccc(CN2CCC(c3ccccc3)(c3csc(N)n3)CC2)cc1. The molecule has 2 aromatic carbocycles. The van der Waals surface area contributed by atoms with E-state index in [4.69, 9.17) is 11.5 Å². The molecule has 2 heterocycles. The van der Waals surface area contributed by atoms with Gasteiger partial charge in [-0.2, -0.15) is 0 Å². The first-order valence-corrected chi connectivity index (χ1v) is 10.3. The Kier molecular flexibility index (Phi) is 5.15. The minimum Gasteiger partial charge on any atom is -0.375 e. The van der Waals surface area contributed by atoms with Gasteiger partial charge in [-0.15, -0.1) is 11.3 Å². The molecule has 6 heteroatoms. The summed E-state index contributed by atoms with van der Waals surface area (Å²) in [5, 5.41) is 2.74. The quantitative estimate of drug-likeness (QED) is 0.697. The zero-order chi connectivity index (χ0) is 19.6. The second kappa shape index (κ2) is 7.73. The number of amides is 1. The molecule has 4 N–H and O–H groups in total. The molecule has 5 nitrogen and oxygen atoms in total. The number of nitrogen functional groups attached to an aromatic ring is 1. The van der Waals surface area contributed by atoms with Crippen LogP contribution < -0.4 is 11.5 Å². The van der Waals surface area contributed by atoms with Gasteiger partial charge in [0.25, 0.3) is 0 Å². The molecule has 1 aliphatic heterocycles. The number of carbonyl (C=O) groups is 1. The molecule has 1 saturated heterocycles. The lowest BCUT2D eigenvalue weighted by atomic mass is 9.70. The van der Waals surface area contributed by atoms with Gasteiger partial charge in [0.05, 0.1) is 5.69 Å². The highest BCUT2D eigenvalue weighted by molar-refractivity contribution is 7.13. The van der Waals surface area contributed by atoms with E-state index < -0.39 is 0 Å². The van der Waals surface area contributed by atoms with E-state index in [9.17, 15) is 4.79 Å². The Morgan fingerprint density at radius 3 is 2.32 bits per heavy atom. The maximum absolute atomic E-state index is 11.2. The van der Waals surface area contributed by atoms with Gasteiger partial charge in [0.2, 0.25) is 5.91 Å². The number of benzene rings is 2. The number of anilines is 1. The van der Waals surface area contributed by atoms with E-state index in [1.165, 1.54) is 22.5 Å². The number of nitrogens with two attached hydrogens (primary N) is 2. The van der Waals surface area contributed by atoms with Crippen molar-refractivity contribution in [2.24, 2.45) is 5.73 Å². The second-order valence-corrected chi connectivity index (χ2v) is 8.25. The summed E-state index contributed by atoms with van der Waals surface area (Å²) in [7, 11) is 0. The monoisotopic (exact) mass is 392 g/mol. The van der Waals surface area contributed by atoms with E-state index in [0.29, 0.717) is 10.7 Å². The molecular weight excluding hydrogens is 368 g/mol.